The summed E-state index contributed by atoms with van der Waals surface area (Å²) in [7, 11) is 0. The predicted octanol–water partition coefficient (Wildman–Crippen LogP) is 2.56. The maximum atomic E-state index is 13.7. The van der Waals surface area contributed by atoms with Gasteiger partial charge in [0.05, 0.1) is 11.8 Å². The molecule has 2 aromatic rings. The van der Waals surface area contributed by atoms with E-state index in [0.717, 1.165) is 0 Å². The number of pyridine rings is 1. The average Bonchev–Trinajstić information content (AvgIpc) is 2.30. The second kappa shape index (κ2) is 3.89. The van der Waals surface area contributed by atoms with Gasteiger partial charge in [0.25, 0.3) is 0 Å². The van der Waals surface area contributed by atoms with E-state index in [0.29, 0.717) is 11.1 Å². The monoisotopic (exact) mass is 197 g/mol. The molecular weight excluding hydrogens is 191 g/mol. The van der Waals surface area contributed by atoms with E-state index in [9.17, 15) is 4.39 Å². The minimum atomic E-state index is -0.524. The maximum absolute atomic E-state index is 13.7. The molecule has 0 aliphatic heterocycles. The first kappa shape index (κ1) is 9.35. The van der Waals surface area contributed by atoms with Gasteiger partial charge < -0.3 is 0 Å². The van der Waals surface area contributed by atoms with Gasteiger partial charge in [-0.2, -0.15) is 5.26 Å². The van der Waals surface area contributed by atoms with Crippen LogP contribution >= 0.6 is 0 Å². The van der Waals surface area contributed by atoms with Gasteiger partial charge in [-0.15, -0.1) is 0 Å². The van der Waals surface area contributed by atoms with E-state index >= 15 is 0 Å². The first-order valence-corrected chi connectivity index (χ1v) is 4.34. The van der Waals surface area contributed by atoms with Gasteiger partial charge in [0.1, 0.15) is 11.9 Å². The fourth-order valence-electron chi connectivity index (χ4n) is 1.30. The quantitative estimate of drug-likeness (QED) is 0.704. The van der Waals surface area contributed by atoms with Crippen LogP contribution in [0.2, 0.25) is 0 Å². The van der Waals surface area contributed by atoms with Crippen molar-refractivity contribution in [2.24, 2.45) is 0 Å². The predicted molar refractivity (Wildman–Crippen MR) is 53.2 cm³/mol. The highest BCUT2D eigenvalue weighted by Gasteiger charge is 2.09. The molecule has 71 valence electrons. The van der Waals surface area contributed by atoms with Crippen molar-refractivity contribution in [1.29, 1.82) is 5.26 Å². The number of rotatable bonds is 1. The Labute approximate surface area is 86.6 Å². The van der Waals surface area contributed by atoms with Crippen molar-refractivity contribution < 1.29 is 4.39 Å². The number of hydrogen-bond donors (Lipinski definition) is 0. The zero-order valence-electron chi connectivity index (χ0n) is 7.74. The SMILES string of the molecule is N#Cc1cccc(-c2[c]nccc2)c1F. The van der Waals surface area contributed by atoms with Crippen LogP contribution in [-0.4, -0.2) is 4.98 Å². The van der Waals surface area contributed by atoms with Crippen molar-refractivity contribution in [3.8, 4) is 17.2 Å². The molecule has 0 fully saturated rings. The standard InChI is InChI=1S/C12H6FN2/c13-12-9(7-14)3-1-5-11(12)10-4-2-6-15-8-10/h1-6H. The van der Waals surface area contributed by atoms with Crippen LogP contribution in [0, 0.1) is 23.3 Å². The van der Waals surface area contributed by atoms with Crippen LogP contribution in [0.5, 0.6) is 0 Å². The van der Waals surface area contributed by atoms with E-state index in [-0.39, 0.29) is 5.56 Å². The fraction of sp³-hybridized carbons (Fsp3) is 0. The molecular formula is C12H6FN2. The minimum absolute atomic E-state index is 0.0322. The van der Waals surface area contributed by atoms with Crippen molar-refractivity contribution >= 4 is 0 Å². The number of aromatic nitrogens is 1. The van der Waals surface area contributed by atoms with Crippen LogP contribution in [0.1, 0.15) is 5.56 Å². The molecule has 0 N–H and O–H groups in total. The van der Waals surface area contributed by atoms with Crippen molar-refractivity contribution in [3.05, 3.63) is 54.1 Å². The first-order valence-electron chi connectivity index (χ1n) is 4.34. The average molecular weight is 197 g/mol. The lowest BCUT2D eigenvalue weighted by Crippen LogP contribution is -1.89. The van der Waals surface area contributed by atoms with Crippen molar-refractivity contribution in [1.82, 2.24) is 4.98 Å². The maximum Gasteiger partial charge on any atom is 0.148 e. The molecule has 0 aliphatic rings. The molecule has 2 rings (SSSR count). The van der Waals surface area contributed by atoms with E-state index in [1.165, 1.54) is 6.07 Å². The Kier molecular flexibility index (Phi) is 2.42. The summed E-state index contributed by atoms with van der Waals surface area (Å²) in [5, 5.41) is 8.67. The van der Waals surface area contributed by atoms with E-state index in [1.54, 1.807) is 36.5 Å². The molecule has 15 heavy (non-hydrogen) atoms. The van der Waals surface area contributed by atoms with E-state index < -0.39 is 5.82 Å². The van der Waals surface area contributed by atoms with Gasteiger partial charge in [-0.1, -0.05) is 18.2 Å². The highest BCUT2D eigenvalue weighted by Crippen LogP contribution is 2.23. The van der Waals surface area contributed by atoms with Gasteiger partial charge >= 0.3 is 0 Å². The van der Waals surface area contributed by atoms with E-state index in [2.05, 4.69) is 11.2 Å². The Hall–Kier alpha value is -2.21. The fourth-order valence-corrected chi connectivity index (χ4v) is 1.30. The Morgan fingerprint density at radius 3 is 2.80 bits per heavy atom. The molecule has 0 spiro atoms. The second-order valence-electron chi connectivity index (χ2n) is 2.94. The lowest BCUT2D eigenvalue weighted by Gasteiger charge is -2.02. The molecule has 1 aromatic heterocycles. The first-order chi connectivity index (χ1) is 7.33. The zero-order chi connectivity index (χ0) is 10.7. The van der Waals surface area contributed by atoms with Crippen LogP contribution in [0.4, 0.5) is 4.39 Å². The molecule has 1 radical (unpaired) electrons. The zero-order valence-corrected chi connectivity index (χ0v) is 7.74. The van der Waals surface area contributed by atoms with Gasteiger partial charge in [0.2, 0.25) is 0 Å². The molecule has 2 nitrogen and oxygen atoms in total. The summed E-state index contributed by atoms with van der Waals surface area (Å²) < 4.78 is 13.7. The summed E-state index contributed by atoms with van der Waals surface area (Å²) in [6.45, 7) is 0. The molecule has 3 heteroatoms. The summed E-state index contributed by atoms with van der Waals surface area (Å²) in [5.41, 5.74) is 0.930. The topological polar surface area (TPSA) is 36.7 Å². The summed E-state index contributed by atoms with van der Waals surface area (Å²) in [6.07, 6.45) is 4.24. The molecule has 0 saturated carbocycles. The minimum Gasteiger partial charge on any atom is -0.254 e. The Bertz CT molecular complexity index is 515. The molecule has 0 amide bonds. The summed E-state index contributed by atoms with van der Waals surface area (Å²) >= 11 is 0. The van der Waals surface area contributed by atoms with Crippen LogP contribution in [0.15, 0.2) is 36.5 Å². The van der Waals surface area contributed by atoms with E-state index in [1.807, 2.05) is 0 Å². The summed E-state index contributed by atoms with van der Waals surface area (Å²) in [5.74, 6) is -0.524. The molecule has 0 saturated heterocycles. The van der Waals surface area contributed by atoms with Gasteiger partial charge in [-0.05, 0) is 12.1 Å². The lowest BCUT2D eigenvalue weighted by molar-refractivity contribution is 0.627. The summed E-state index contributed by atoms with van der Waals surface area (Å²) in [6, 6.07) is 9.87. The number of hydrogen-bond acceptors (Lipinski definition) is 2. The Balaban J connectivity index is 2.61. The van der Waals surface area contributed by atoms with Gasteiger partial charge in [-0.3, -0.25) is 4.98 Å². The Morgan fingerprint density at radius 1 is 1.27 bits per heavy atom. The van der Waals surface area contributed by atoms with Crippen LogP contribution < -0.4 is 0 Å². The largest absolute Gasteiger partial charge is 0.254 e. The van der Waals surface area contributed by atoms with Crippen molar-refractivity contribution in [2.45, 2.75) is 0 Å². The van der Waals surface area contributed by atoms with Crippen LogP contribution in [-0.2, 0) is 0 Å². The second-order valence-corrected chi connectivity index (χ2v) is 2.94. The molecule has 1 heterocycles. The number of nitriles is 1. The number of benzene rings is 1. The Morgan fingerprint density at radius 2 is 2.13 bits per heavy atom. The smallest absolute Gasteiger partial charge is 0.148 e. The van der Waals surface area contributed by atoms with Gasteiger partial charge in [0, 0.05) is 17.3 Å². The third kappa shape index (κ3) is 1.70. The molecule has 1 aromatic carbocycles. The number of nitrogens with zero attached hydrogens (tertiary/aromatic N) is 2. The molecule has 0 unspecified atom stereocenters. The van der Waals surface area contributed by atoms with Crippen LogP contribution in [0.25, 0.3) is 11.1 Å². The van der Waals surface area contributed by atoms with E-state index in [4.69, 9.17) is 5.26 Å². The van der Waals surface area contributed by atoms with Crippen molar-refractivity contribution in [2.75, 3.05) is 0 Å². The highest BCUT2D eigenvalue weighted by molar-refractivity contribution is 5.64. The lowest BCUT2D eigenvalue weighted by atomic mass is 10.0. The van der Waals surface area contributed by atoms with Gasteiger partial charge in [-0.25, -0.2) is 4.39 Å². The molecule has 0 aliphatic carbocycles. The molecule has 0 atom stereocenters. The third-order valence-corrected chi connectivity index (χ3v) is 2.02. The molecule has 0 bridgehead atoms. The highest BCUT2D eigenvalue weighted by atomic mass is 19.1. The summed E-state index contributed by atoms with van der Waals surface area (Å²) in [4.78, 5) is 3.78. The van der Waals surface area contributed by atoms with Gasteiger partial charge in [0.15, 0.2) is 0 Å². The normalized spacial score (nSPS) is 9.60. The van der Waals surface area contributed by atoms with Crippen molar-refractivity contribution in [3.63, 3.8) is 0 Å². The number of halogens is 1. The third-order valence-electron chi connectivity index (χ3n) is 2.02. The van der Waals surface area contributed by atoms with Crippen LogP contribution in [0.3, 0.4) is 0 Å².